The molecule has 1 aromatic heterocycles. The SMILES string of the molecule is Brc1cnc(OCC2CCCC2)nc1. The van der Waals surface area contributed by atoms with Crippen molar-refractivity contribution in [2.75, 3.05) is 6.61 Å². The Morgan fingerprint density at radius 3 is 2.57 bits per heavy atom. The summed E-state index contributed by atoms with van der Waals surface area (Å²) in [5.74, 6) is 0.710. The van der Waals surface area contributed by atoms with Crippen molar-refractivity contribution in [3.8, 4) is 6.01 Å². The zero-order valence-corrected chi connectivity index (χ0v) is 9.53. The zero-order valence-electron chi connectivity index (χ0n) is 7.95. The van der Waals surface area contributed by atoms with E-state index in [1.165, 1.54) is 25.7 Å². The maximum Gasteiger partial charge on any atom is 0.316 e. The fourth-order valence-corrected chi connectivity index (χ4v) is 1.95. The van der Waals surface area contributed by atoms with Crippen molar-refractivity contribution in [2.45, 2.75) is 25.7 Å². The van der Waals surface area contributed by atoms with E-state index in [0.717, 1.165) is 11.1 Å². The molecule has 0 saturated heterocycles. The second kappa shape index (κ2) is 4.73. The van der Waals surface area contributed by atoms with Crippen molar-refractivity contribution in [1.82, 2.24) is 9.97 Å². The molecule has 1 fully saturated rings. The molecule has 0 unspecified atom stereocenters. The van der Waals surface area contributed by atoms with Crippen LogP contribution in [0, 0.1) is 5.92 Å². The third-order valence-corrected chi connectivity index (χ3v) is 2.93. The molecule has 1 aromatic rings. The molecular formula is C10H13BrN2O. The first-order valence-corrected chi connectivity index (χ1v) is 5.74. The molecule has 14 heavy (non-hydrogen) atoms. The van der Waals surface area contributed by atoms with E-state index in [-0.39, 0.29) is 0 Å². The van der Waals surface area contributed by atoms with Crippen LogP contribution in [0.25, 0.3) is 0 Å². The minimum Gasteiger partial charge on any atom is -0.463 e. The molecule has 76 valence electrons. The number of hydrogen-bond donors (Lipinski definition) is 0. The Hall–Kier alpha value is -0.640. The van der Waals surface area contributed by atoms with Crippen molar-refractivity contribution in [3.63, 3.8) is 0 Å². The molecule has 0 amide bonds. The first-order valence-electron chi connectivity index (χ1n) is 4.95. The van der Waals surface area contributed by atoms with E-state index in [1.807, 2.05) is 0 Å². The van der Waals surface area contributed by atoms with Crippen LogP contribution < -0.4 is 4.74 Å². The maximum absolute atomic E-state index is 5.50. The Morgan fingerprint density at radius 2 is 1.93 bits per heavy atom. The first kappa shape index (κ1) is 9.90. The Bertz CT molecular complexity index is 283. The second-order valence-electron chi connectivity index (χ2n) is 3.65. The van der Waals surface area contributed by atoms with E-state index in [9.17, 15) is 0 Å². The molecule has 2 rings (SSSR count). The fraction of sp³-hybridized carbons (Fsp3) is 0.600. The third kappa shape index (κ3) is 2.67. The second-order valence-corrected chi connectivity index (χ2v) is 4.56. The Morgan fingerprint density at radius 1 is 1.29 bits per heavy atom. The number of hydrogen-bond acceptors (Lipinski definition) is 3. The first-order chi connectivity index (χ1) is 6.84. The summed E-state index contributed by atoms with van der Waals surface area (Å²) in [7, 11) is 0. The van der Waals surface area contributed by atoms with Gasteiger partial charge in [0, 0.05) is 12.4 Å². The van der Waals surface area contributed by atoms with Crippen LogP contribution in [0.5, 0.6) is 6.01 Å². The molecule has 1 aliphatic carbocycles. The monoisotopic (exact) mass is 256 g/mol. The standard InChI is InChI=1S/C10H13BrN2O/c11-9-5-12-10(13-6-9)14-7-8-3-1-2-4-8/h5-6,8H,1-4,7H2. The van der Waals surface area contributed by atoms with Gasteiger partial charge in [0.05, 0.1) is 11.1 Å². The average molecular weight is 257 g/mol. The van der Waals surface area contributed by atoms with E-state index in [0.29, 0.717) is 11.9 Å². The number of aromatic nitrogens is 2. The topological polar surface area (TPSA) is 35.0 Å². The molecule has 4 heteroatoms. The van der Waals surface area contributed by atoms with Crippen molar-refractivity contribution in [3.05, 3.63) is 16.9 Å². The fourth-order valence-electron chi connectivity index (χ4n) is 1.74. The Kier molecular flexibility index (Phi) is 3.35. The van der Waals surface area contributed by atoms with Crippen LogP contribution in [-0.2, 0) is 0 Å². The summed E-state index contributed by atoms with van der Waals surface area (Å²) in [4.78, 5) is 8.12. The minimum absolute atomic E-state index is 0.486. The minimum atomic E-state index is 0.486. The molecule has 0 bridgehead atoms. The third-order valence-electron chi connectivity index (χ3n) is 2.52. The lowest BCUT2D eigenvalue weighted by atomic mass is 10.1. The summed E-state index contributed by atoms with van der Waals surface area (Å²) in [5.41, 5.74) is 0. The van der Waals surface area contributed by atoms with Crippen LogP contribution in [0.4, 0.5) is 0 Å². The lowest BCUT2D eigenvalue weighted by Crippen LogP contribution is -2.09. The van der Waals surface area contributed by atoms with Gasteiger partial charge >= 0.3 is 6.01 Å². The highest BCUT2D eigenvalue weighted by Gasteiger charge is 2.15. The van der Waals surface area contributed by atoms with Gasteiger partial charge in [-0.05, 0) is 34.7 Å². The molecule has 0 atom stereocenters. The van der Waals surface area contributed by atoms with Crippen molar-refractivity contribution in [1.29, 1.82) is 0 Å². The number of nitrogens with zero attached hydrogens (tertiary/aromatic N) is 2. The van der Waals surface area contributed by atoms with E-state index in [4.69, 9.17) is 4.74 Å². The van der Waals surface area contributed by atoms with Gasteiger partial charge in [-0.25, -0.2) is 9.97 Å². The summed E-state index contributed by atoms with van der Waals surface area (Å²) in [5, 5.41) is 0. The maximum atomic E-state index is 5.50. The molecule has 1 saturated carbocycles. The predicted octanol–water partition coefficient (Wildman–Crippen LogP) is 2.81. The van der Waals surface area contributed by atoms with Gasteiger partial charge in [-0.2, -0.15) is 0 Å². The Labute approximate surface area is 92.0 Å². The van der Waals surface area contributed by atoms with Crippen LogP contribution in [0.3, 0.4) is 0 Å². The lowest BCUT2D eigenvalue weighted by molar-refractivity contribution is 0.234. The van der Waals surface area contributed by atoms with Crippen LogP contribution in [-0.4, -0.2) is 16.6 Å². The molecule has 0 aromatic carbocycles. The Balaban J connectivity index is 1.82. The summed E-state index contributed by atoms with van der Waals surface area (Å²) in [6, 6.07) is 0.486. The lowest BCUT2D eigenvalue weighted by Gasteiger charge is -2.08. The summed E-state index contributed by atoms with van der Waals surface area (Å²) in [6.45, 7) is 0.766. The van der Waals surface area contributed by atoms with Gasteiger partial charge in [-0.15, -0.1) is 0 Å². The molecule has 0 N–H and O–H groups in total. The molecule has 0 spiro atoms. The van der Waals surface area contributed by atoms with Crippen molar-refractivity contribution in [2.24, 2.45) is 5.92 Å². The summed E-state index contributed by atoms with van der Waals surface area (Å²) < 4.78 is 6.38. The summed E-state index contributed by atoms with van der Waals surface area (Å²) in [6.07, 6.45) is 8.67. The largest absolute Gasteiger partial charge is 0.463 e. The van der Waals surface area contributed by atoms with Crippen LogP contribution in [0.15, 0.2) is 16.9 Å². The molecule has 1 aliphatic rings. The normalized spacial score (nSPS) is 17.2. The van der Waals surface area contributed by atoms with E-state index < -0.39 is 0 Å². The van der Waals surface area contributed by atoms with Crippen LogP contribution in [0.2, 0.25) is 0 Å². The molecule has 1 heterocycles. The van der Waals surface area contributed by atoms with Gasteiger partial charge in [0.1, 0.15) is 0 Å². The average Bonchev–Trinajstić information content (AvgIpc) is 2.70. The predicted molar refractivity (Wildman–Crippen MR) is 57.2 cm³/mol. The van der Waals surface area contributed by atoms with Gasteiger partial charge in [-0.3, -0.25) is 0 Å². The van der Waals surface area contributed by atoms with Crippen LogP contribution in [0.1, 0.15) is 25.7 Å². The van der Waals surface area contributed by atoms with Gasteiger partial charge in [0.25, 0.3) is 0 Å². The van der Waals surface area contributed by atoms with Gasteiger partial charge in [-0.1, -0.05) is 12.8 Å². The highest BCUT2D eigenvalue weighted by atomic mass is 79.9. The van der Waals surface area contributed by atoms with Crippen molar-refractivity contribution >= 4 is 15.9 Å². The number of halogens is 1. The quantitative estimate of drug-likeness (QED) is 0.835. The van der Waals surface area contributed by atoms with Crippen molar-refractivity contribution < 1.29 is 4.74 Å². The highest BCUT2D eigenvalue weighted by Crippen LogP contribution is 2.24. The molecular weight excluding hydrogens is 244 g/mol. The van der Waals surface area contributed by atoms with Gasteiger partial charge in [0.15, 0.2) is 0 Å². The smallest absolute Gasteiger partial charge is 0.316 e. The van der Waals surface area contributed by atoms with Crippen LogP contribution >= 0.6 is 15.9 Å². The molecule has 0 radical (unpaired) electrons. The molecule has 3 nitrogen and oxygen atoms in total. The number of rotatable bonds is 3. The zero-order chi connectivity index (χ0) is 9.80. The number of ether oxygens (including phenoxy) is 1. The van der Waals surface area contributed by atoms with Gasteiger partial charge < -0.3 is 4.74 Å². The summed E-state index contributed by atoms with van der Waals surface area (Å²) >= 11 is 3.28. The van der Waals surface area contributed by atoms with E-state index >= 15 is 0 Å². The highest BCUT2D eigenvalue weighted by molar-refractivity contribution is 9.10. The van der Waals surface area contributed by atoms with Gasteiger partial charge in [0.2, 0.25) is 0 Å². The molecule has 0 aliphatic heterocycles. The van der Waals surface area contributed by atoms with E-state index in [2.05, 4.69) is 25.9 Å². The van der Waals surface area contributed by atoms with E-state index in [1.54, 1.807) is 12.4 Å².